The van der Waals surface area contributed by atoms with Crippen LogP contribution in [0.2, 0.25) is 0 Å². The van der Waals surface area contributed by atoms with E-state index in [0.717, 1.165) is 55.6 Å². The first-order chi connectivity index (χ1) is 10.2. The molecule has 3 rings (SSSR count). The summed E-state index contributed by atoms with van der Waals surface area (Å²) in [6, 6.07) is 2.18. The van der Waals surface area contributed by atoms with Gasteiger partial charge in [-0.15, -0.1) is 23.7 Å². The predicted molar refractivity (Wildman–Crippen MR) is 95.3 cm³/mol. The first kappa shape index (κ1) is 17.8. The van der Waals surface area contributed by atoms with Gasteiger partial charge < -0.3 is 10.2 Å². The van der Waals surface area contributed by atoms with Crippen LogP contribution >= 0.6 is 23.7 Å². The lowest BCUT2D eigenvalue weighted by molar-refractivity contribution is 0.0696. The maximum atomic E-state index is 12.7. The Labute approximate surface area is 143 Å². The Morgan fingerprint density at radius 1 is 1.36 bits per heavy atom. The molecule has 22 heavy (non-hydrogen) atoms. The second-order valence-corrected chi connectivity index (χ2v) is 7.84. The van der Waals surface area contributed by atoms with Crippen molar-refractivity contribution in [2.45, 2.75) is 39.0 Å². The molecule has 1 aliphatic heterocycles. The van der Waals surface area contributed by atoms with Crippen molar-refractivity contribution in [2.24, 2.45) is 11.8 Å². The number of piperidine rings is 1. The van der Waals surface area contributed by atoms with E-state index in [-0.39, 0.29) is 18.3 Å². The molecule has 1 saturated heterocycles. The minimum absolute atomic E-state index is 0. The van der Waals surface area contributed by atoms with Crippen LogP contribution in [0.3, 0.4) is 0 Å². The minimum atomic E-state index is 0. The summed E-state index contributed by atoms with van der Waals surface area (Å²) in [5.41, 5.74) is 1.44. The molecular weight excluding hydrogens is 316 g/mol. The van der Waals surface area contributed by atoms with Crippen LogP contribution in [0.25, 0.3) is 0 Å². The second kappa shape index (κ2) is 7.80. The van der Waals surface area contributed by atoms with E-state index >= 15 is 0 Å². The van der Waals surface area contributed by atoms with Crippen molar-refractivity contribution in [3.63, 3.8) is 0 Å². The number of amides is 1. The number of carbonyl (C=O) groups excluding carboxylic acids is 1. The van der Waals surface area contributed by atoms with E-state index < -0.39 is 0 Å². The van der Waals surface area contributed by atoms with E-state index in [0.29, 0.717) is 0 Å². The monoisotopic (exact) mass is 342 g/mol. The smallest absolute Gasteiger partial charge is 0.263 e. The lowest BCUT2D eigenvalue weighted by Crippen LogP contribution is -2.40. The zero-order valence-electron chi connectivity index (χ0n) is 13.6. The summed E-state index contributed by atoms with van der Waals surface area (Å²) < 4.78 is 0. The summed E-state index contributed by atoms with van der Waals surface area (Å²) in [5.74, 6) is 1.77. The van der Waals surface area contributed by atoms with Gasteiger partial charge in [0.15, 0.2) is 0 Å². The summed E-state index contributed by atoms with van der Waals surface area (Å²) in [7, 11) is 2.01. The standard InChI is InChI=1S/C17H26N2OS.ClH/c1-12-3-4-15-14(9-12)10-16(21-15)17(20)19-7-5-13(6-8-19)11-18-2;/h10,12-13,18H,3-9,11H2,1-2H3;1H. The molecule has 0 bridgehead atoms. The SMILES string of the molecule is CNCC1CCN(C(=O)c2cc3c(s2)CCC(C)C3)CC1.Cl. The van der Waals surface area contributed by atoms with E-state index in [2.05, 4.69) is 23.2 Å². The number of halogens is 1. The molecule has 1 unspecified atom stereocenters. The zero-order chi connectivity index (χ0) is 14.8. The van der Waals surface area contributed by atoms with E-state index in [4.69, 9.17) is 0 Å². The van der Waals surface area contributed by atoms with E-state index in [1.165, 1.54) is 23.3 Å². The van der Waals surface area contributed by atoms with Gasteiger partial charge in [-0.2, -0.15) is 0 Å². The van der Waals surface area contributed by atoms with Gasteiger partial charge >= 0.3 is 0 Å². The first-order valence-corrected chi connectivity index (χ1v) is 9.04. The Balaban J connectivity index is 0.00000176. The van der Waals surface area contributed by atoms with Crippen molar-refractivity contribution >= 4 is 29.7 Å². The second-order valence-electron chi connectivity index (χ2n) is 6.70. The van der Waals surface area contributed by atoms with Crippen molar-refractivity contribution in [1.82, 2.24) is 10.2 Å². The van der Waals surface area contributed by atoms with Crippen LogP contribution in [0, 0.1) is 11.8 Å². The third-order valence-electron chi connectivity index (χ3n) is 4.93. The van der Waals surface area contributed by atoms with E-state index in [1.807, 2.05) is 7.05 Å². The fourth-order valence-electron chi connectivity index (χ4n) is 3.60. The van der Waals surface area contributed by atoms with Gasteiger partial charge in [0.1, 0.15) is 0 Å². The van der Waals surface area contributed by atoms with Crippen molar-refractivity contribution in [3.8, 4) is 0 Å². The van der Waals surface area contributed by atoms with Crippen molar-refractivity contribution in [3.05, 3.63) is 21.4 Å². The van der Waals surface area contributed by atoms with Crippen LogP contribution in [0.1, 0.15) is 46.3 Å². The molecule has 1 aromatic rings. The Hall–Kier alpha value is -0.580. The van der Waals surface area contributed by atoms with Crippen LogP contribution in [0.4, 0.5) is 0 Å². The van der Waals surface area contributed by atoms with E-state index in [9.17, 15) is 4.79 Å². The summed E-state index contributed by atoms with van der Waals surface area (Å²) in [6.07, 6.45) is 5.86. The lowest BCUT2D eigenvalue weighted by Gasteiger charge is -2.31. The Kier molecular flexibility index (Phi) is 6.30. The molecule has 0 aromatic carbocycles. The van der Waals surface area contributed by atoms with Gasteiger partial charge in [0.05, 0.1) is 4.88 Å². The van der Waals surface area contributed by atoms with Gasteiger partial charge in [-0.1, -0.05) is 6.92 Å². The number of nitrogens with zero attached hydrogens (tertiary/aromatic N) is 1. The zero-order valence-corrected chi connectivity index (χ0v) is 15.2. The molecular formula is C17H27ClN2OS. The van der Waals surface area contributed by atoms with Crippen LogP contribution in [-0.4, -0.2) is 37.5 Å². The van der Waals surface area contributed by atoms with Crippen molar-refractivity contribution in [2.75, 3.05) is 26.7 Å². The third-order valence-corrected chi connectivity index (χ3v) is 6.16. The maximum Gasteiger partial charge on any atom is 0.263 e. The fourth-order valence-corrected chi connectivity index (χ4v) is 4.77. The average Bonchev–Trinajstić information content (AvgIpc) is 2.90. The maximum absolute atomic E-state index is 12.7. The lowest BCUT2D eigenvalue weighted by atomic mass is 9.90. The summed E-state index contributed by atoms with van der Waals surface area (Å²) in [4.78, 5) is 17.2. The molecule has 0 saturated carbocycles. The number of hydrogen-bond acceptors (Lipinski definition) is 3. The molecule has 1 atom stereocenters. The Morgan fingerprint density at radius 3 is 2.77 bits per heavy atom. The van der Waals surface area contributed by atoms with Crippen LogP contribution < -0.4 is 5.32 Å². The molecule has 0 spiro atoms. The Bertz CT molecular complexity index is 509. The number of hydrogen-bond donors (Lipinski definition) is 1. The van der Waals surface area contributed by atoms with Gasteiger partial charge in [-0.25, -0.2) is 0 Å². The molecule has 0 radical (unpaired) electrons. The normalized spacial score (nSPS) is 22.1. The molecule has 1 N–H and O–H groups in total. The number of likely N-dealkylation sites (tertiary alicyclic amines) is 1. The molecule has 124 valence electrons. The fraction of sp³-hybridized carbons (Fsp3) is 0.706. The third kappa shape index (κ3) is 3.84. The van der Waals surface area contributed by atoms with Gasteiger partial charge in [0, 0.05) is 18.0 Å². The highest BCUT2D eigenvalue weighted by Gasteiger charge is 2.26. The van der Waals surface area contributed by atoms with Crippen LogP contribution in [0.15, 0.2) is 6.07 Å². The Morgan fingerprint density at radius 2 is 2.09 bits per heavy atom. The predicted octanol–water partition coefficient (Wildman–Crippen LogP) is 3.37. The molecule has 1 aromatic heterocycles. The molecule has 1 aliphatic carbocycles. The summed E-state index contributed by atoms with van der Waals surface area (Å²) in [6.45, 7) is 5.23. The first-order valence-electron chi connectivity index (χ1n) is 8.23. The topological polar surface area (TPSA) is 32.3 Å². The summed E-state index contributed by atoms with van der Waals surface area (Å²) in [5, 5.41) is 3.25. The quantitative estimate of drug-likeness (QED) is 0.913. The molecule has 2 heterocycles. The van der Waals surface area contributed by atoms with Crippen LogP contribution in [-0.2, 0) is 12.8 Å². The highest BCUT2D eigenvalue weighted by atomic mass is 35.5. The highest BCUT2D eigenvalue weighted by Crippen LogP contribution is 2.33. The van der Waals surface area contributed by atoms with Gasteiger partial charge in [0.2, 0.25) is 0 Å². The van der Waals surface area contributed by atoms with E-state index in [1.54, 1.807) is 11.3 Å². The molecule has 3 nitrogen and oxygen atoms in total. The van der Waals surface area contributed by atoms with Crippen LogP contribution in [0.5, 0.6) is 0 Å². The summed E-state index contributed by atoms with van der Waals surface area (Å²) >= 11 is 1.75. The number of thiophene rings is 1. The van der Waals surface area contributed by atoms with Gasteiger partial charge in [0.25, 0.3) is 5.91 Å². The number of carbonyl (C=O) groups is 1. The van der Waals surface area contributed by atoms with Crippen molar-refractivity contribution < 1.29 is 4.79 Å². The largest absolute Gasteiger partial charge is 0.338 e. The number of aryl methyl sites for hydroxylation is 1. The van der Waals surface area contributed by atoms with Crippen molar-refractivity contribution in [1.29, 1.82) is 0 Å². The van der Waals surface area contributed by atoms with Gasteiger partial charge in [-0.3, -0.25) is 4.79 Å². The number of fused-ring (bicyclic) bond motifs is 1. The minimum Gasteiger partial charge on any atom is -0.338 e. The molecule has 5 heteroatoms. The van der Waals surface area contributed by atoms with Gasteiger partial charge in [-0.05, 0) is 69.2 Å². The molecule has 1 amide bonds. The molecule has 1 fully saturated rings. The number of rotatable bonds is 3. The highest BCUT2D eigenvalue weighted by molar-refractivity contribution is 7.14. The molecule has 2 aliphatic rings. The number of nitrogens with one attached hydrogen (secondary N) is 1. The average molecular weight is 343 g/mol.